The quantitative estimate of drug-likeness (QED) is 0.538. The summed E-state index contributed by atoms with van der Waals surface area (Å²) in [5, 5.41) is 0. The zero-order chi connectivity index (χ0) is 20.6. The number of halogens is 1. The summed E-state index contributed by atoms with van der Waals surface area (Å²) >= 11 is 0. The van der Waals surface area contributed by atoms with Crippen molar-refractivity contribution in [2.75, 3.05) is 18.0 Å². The largest absolute Gasteiger partial charge is 0.382 e. The maximum atomic E-state index is 13.2. The number of hydrogen-bond donors (Lipinski definition) is 2. The predicted octanol–water partition coefficient (Wildman–Crippen LogP) is 3.44. The van der Waals surface area contributed by atoms with Gasteiger partial charge in [-0.05, 0) is 24.1 Å². The summed E-state index contributed by atoms with van der Waals surface area (Å²) in [6.45, 7) is 3.32. The first-order chi connectivity index (χ1) is 14.1. The highest BCUT2D eigenvalue weighted by molar-refractivity contribution is 5.90. The van der Waals surface area contributed by atoms with E-state index < -0.39 is 0 Å². The molecule has 0 aliphatic carbocycles. The molecule has 2 aromatic heterocycles. The fourth-order valence-corrected chi connectivity index (χ4v) is 3.23. The number of nitrogens with zero attached hydrogens (tertiary/aromatic N) is 5. The molecule has 3 aromatic rings. The Balaban J connectivity index is 1.81. The molecule has 0 aliphatic heterocycles. The van der Waals surface area contributed by atoms with Crippen LogP contribution in [0.2, 0.25) is 0 Å². The molecule has 0 saturated heterocycles. The van der Waals surface area contributed by atoms with Crippen molar-refractivity contribution in [3.63, 3.8) is 0 Å². The SMILES string of the molecule is CCCCCCCCN=c1nc(N)c2ncn(Cc3ccc(F)cc3)c2c(N)n1. The molecule has 0 aliphatic rings. The van der Waals surface area contributed by atoms with Crippen LogP contribution in [0.3, 0.4) is 0 Å². The van der Waals surface area contributed by atoms with Gasteiger partial charge in [0, 0.05) is 13.1 Å². The van der Waals surface area contributed by atoms with Gasteiger partial charge in [-0.3, -0.25) is 0 Å². The molecule has 0 radical (unpaired) electrons. The fraction of sp³-hybridized carbons (Fsp3) is 0.429. The molecular formula is C21H28FN7. The van der Waals surface area contributed by atoms with Crippen LogP contribution in [0.25, 0.3) is 11.0 Å². The molecule has 7 nitrogen and oxygen atoms in total. The Hall–Kier alpha value is -3.03. The maximum Gasteiger partial charge on any atom is 0.248 e. The summed E-state index contributed by atoms with van der Waals surface area (Å²) in [5.41, 5.74) is 14.6. The number of nitrogens with two attached hydrogens (primary N) is 2. The summed E-state index contributed by atoms with van der Waals surface area (Å²) in [6, 6.07) is 6.28. The number of imidazole rings is 1. The van der Waals surface area contributed by atoms with Gasteiger partial charge >= 0.3 is 0 Å². The zero-order valence-corrected chi connectivity index (χ0v) is 16.8. The van der Waals surface area contributed by atoms with Gasteiger partial charge in [0.15, 0.2) is 11.6 Å². The Bertz CT molecular complexity index is 1010. The molecule has 29 heavy (non-hydrogen) atoms. The predicted molar refractivity (Wildman–Crippen MR) is 113 cm³/mol. The molecule has 3 rings (SSSR count). The van der Waals surface area contributed by atoms with Crippen LogP contribution in [-0.4, -0.2) is 26.1 Å². The highest BCUT2D eigenvalue weighted by atomic mass is 19.1. The molecule has 8 heteroatoms. The molecular weight excluding hydrogens is 369 g/mol. The Morgan fingerprint density at radius 1 is 0.966 bits per heavy atom. The van der Waals surface area contributed by atoms with Gasteiger partial charge in [-0.25, -0.2) is 14.4 Å². The van der Waals surface area contributed by atoms with E-state index in [1.165, 1.54) is 37.8 Å². The van der Waals surface area contributed by atoms with E-state index in [0.717, 1.165) is 18.4 Å². The van der Waals surface area contributed by atoms with Crippen LogP contribution < -0.4 is 17.1 Å². The summed E-state index contributed by atoms with van der Waals surface area (Å²) in [7, 11) is 0. The van der Waals surface area contributed by atoms with Crippen molar-refractivity contribution in [1.29, 1.82) is 0 Å². The van der Waals surface area contributed by atoms with Crippen LogP contribution in [0.5, 0.6) is 0 Å². The van der Waals surface area contributed by atoms with E-state index in [9.17, 15) is 4.39 Å². The third kappa shape index (κ3) is 5.49. The van der Waals surface area contributed by atoms with Gasteiger partial charge < -0.3 is 16.0 Å². The molecule has 1 aromatic carbocycles. The molecule has 0 spiro atoms. The van der Waals surface area contributed by atoms with Crippen LogP contribution in [0.4, 0.5) is 16.0 Å². The number of nitrogen functional groups attached to an aromatic ring is 2. The second-order valence-corrected chi connectivity index (χ2v) is 7.14. The van der Waals surface area contributed by atoms with E-state index in [1.54, 1.807) is 18.5 Å². The van der Waals surface area contributed by atoms with Crippen LogP contribution >= 0.6 is 0 Å². The Morgan fingerprint density at radius 3 is 2.41 bits per heavy atom. The minimum Gasteiger partial charge on any atom is -0.382 e. The molecule has 0 fully saturated rings. The van der Waals surface area contributed by atoms with Crippen molar-refractivity contribution in [3.8, 4) is 0 Å². The Kier molecular flexibility index (Phi) is 7.10. The van der Waals surface area contributed by atoms with E-state index in [2.05, 4.69) is 26.9 Å². The maximum absolute atomic E-state index is 13.2. The number of unbranched alkanes of at least 4 members (excludes halogenated alkanes) is 5. The second kappa shape index (κ2) is 9.95. The van der Waals surface area contributed by atoms with Crippen molar-refractivity contribution < 1.29 is 4.39 Å². The first-order valence-electron chi connectivity index (χ1n) is 10.1. The van der Waals surface area contributed by atoms with Gasteiger partial charge in [0.25, 0.3) is 0 Å². The monoisotopic (exact) mass is 397 g/mol. The van der Waals surface area contributed by atoms with Crippen LogP contribution in [0.15, 0.2) is 35.6 Å². The molecule has 0 atom stereocenters. The Labute approximate surface area is 169 Å². The first kappa shape index (κ1) is 20.7. The fourth-order valence-electron chi connectivity index (χ4n) is 3.23. The lowest BCUT2D eigenvalue weighted by molar-refractivity contribution is 0.609. The van der Waals surface area contributed by atoms with Gasteiger partial charge in [0.2, 0.25) is 5.62 Å². The standard InChI is InChI=1S/C21H28FN7/c1-2-3-4-5-6-7-12-25-21-27-19(23)17-18(20(24)28-21)29(14-26-17)13-15-8-10-16(22)11-9-15/h8-11,14H,2-7,12-13H2,1H3,(H4,23,24,25,27,28). The number of fused-ring (bicyclic) bond motifs is 1. The van der Waals surface area contributed by atoms with Crippen molar-refractivity contribution >= 4 is 22.7 Å². The average Bonchev–Trinajstić information content (AvgIpc) is 3.07. The molecule has 4 N–H and O–H groups in total. The van der Waals surface area contributed by atoms with Gasteiger partial charge in [-0.15, -0.1) is 0 Å². The summed E-state index contributed by atoms with van der Waals surface area (Å²) in [5.74, 6) is 0.233. The third-order valence-corrected chi connectivity index (χ3v) is 4.79. The average molecular weight is 398 g/mol. The zero-order valence-electron chi connectivity index (χ0n) is 16.8. The molecule has 0 amide bonds. The molecule has 0 unspecified atom stereocenters. The topological polar surface area (TPSA) is 108 Å². The lowest BCUT2D eigenvalue weighted by Crippen LogP contribution is -2.13. The van der Waals surface area contributed by atoms with Gasteiger partial charge in [-0.2, -0.15) is 9.97 Å². The van der Waals surface area contributed by atoms with E-state index in [4.69, 9.17) is 11.5 Å². The number of benzene rings is 1. The molecule has 2 heterocycles. The van der Waals surface area contributed by atoms with Gasteiger partial charge in [0.1, 0.15) is 16.9 Å². The van der Waals surface area contributed by atoms with E-state index >= 15 is 0 Å². The summed E-state index contributed by atoms with van der Waals surface area (Å²) < 4.78 is 15.0. The van der Waals surface area contributed by atoms with Gasteiger partial charge in [0.05, 0.1) is 6.33 Å². The van der Waals surface area contributed by atoms with Crippen molar-refractivity contribution in [2.45, 2.75) is 52.0 Å². The Morgan fingerprint density at radius 2 is 1.66 bits per heavy atom. The van der Waals surface area contributed by atoms with E-state index in [1.807, 2.05) is 4.57 Å². The van der Waals surface area contributed by atoms with Crippen LogP contribution in [-0.2, 0) is 6.54 Å². The van der Waals surface area contributed by atoms with Crippen LogP contribution in [0, 0.1) is 5.82 Å². The third-order valence-electron chi connectivity index (χ3n) is 4.79. The normalized spacial score (nSPS) is 12.0. The van der Waals surface area contributed by atoms with Crippen LogP contribution in [0.1, 0.15) is 51.0 Å². The minimum atomic E-state index is -0.276. The number of aromatic nitrogens is 4. The smallest absolute Gasteiger partial charge is 0.248 e. The first-order valence-corrected chi connectivity index (χ1v) is 10.1. The summed E-state index contributed by atoms with van der Waals surface area (Å²) in [6.07, 6.45) is 8.77. The number of anilines is 2. The summed E-state index contributed by atoms with van der Waals surface area (Å²) in [4.78, 5) is 17.5. The molecule has 0 saturated carbocycles. The lowest BCUT2D eigenvalue weighted by atomic mass is 10.1. The van der Waals surface area contributed by atoms with E-state index in [-0.39, 0.29) is 23.1 Å². The number of rotatable bonds is 9. The van der Waals surface area contributed by atoms with Gasteiger partial charge in [-0.1, -0.05) is 51.2 Å². The highest BCUT2D eigenvalue weighted by Crippen LogP contribution is 2.20. The number of hydrogen-bond acceptors (Lipinski definition) is 6. The van der Waals surface area contributed by atoms with Crippen molar-refractivity contribution in [1.82, 2.24) is 19.5 Å². The minimum absolute atomic E-state index is 0.240. The second-order valence-electron chi connectivity index (χ2n) is 7.14. The lowest BCUT2D eigenvalue weighted by Gasteiger charge is -2.04. The van der Waals surface area contributed by atoms with Crippen molar-refractivity contribution in [3.05, 3.63) is 47.6 Å². The molecule has 154 valence electrons. The van der Waals surface area contributed by atoms with Crippen molar-refractivity contribution in [2.24, 2.45) is 4.99 Å². The molecule has 0 bridgehead atoms. The van der Waals surface area contributed by atoms with E-state index in [0.29, 0.717) is 24.1 Å². The highest BCUT2D eigenvalue weighted by Gasteiger charge is 2.11.